The molecule has 2 aliphatic rings. The second-order valence-corrected chi connectivity index (χ2v) is 8.84. The summed E-state index contributed by atoms with van der Waals surface area (Å²) < 4.78 is 8.79. The Morgan fingerprint density at radius 1 is 1.29 bits per heavy atom. The fourth-order valence-corrected chi connectivity index (χ4v) is 4.69. The van der Waals surface area contributed by atoms with E-state index in [9.17, 15) is 14.7 Å². The van der Waals surface area contributed by atoms with Crippen molar-refractivity contribution in [3.05, 3.63) is 46.5 Å². The smallest absolute Gasteiger partial charge is 0.274 e. The Kier molecular flexibility index (Phi) is 6.20. The zero-order valence-corrected chi connectivity index (χ0v) is 19.0. The number of amides is 1. The van der Waals surface area contributed by atoms with Crippen LogP contribution in [0.2, 0.25) is 0 Å². The molecule has 1 saturated carbocycles. The van der Waals surface area contributed by atoms with E-state index in [4.69, 9.17) is 4.74 Å². The third kappa shape index (κ3) is 4.36. The highest BCUT2D eigenvalue weighted by Gasteiger charge is 2.26. The van der Waals surface area contributed by atoms with Crippen molar-refractivity contribution in [2.24, 2.45) is 0 Å². The predicted octanol–water partition coefficient (Wildman–Crippen LogP) is 1.67. The van der Waals surface area contributed by atoms with Gasteiger partial charge in [-0.15, -0.1) is 0 Å². The number of hydrogen-bond donors (Lipinski definition) is 4. The number of hydrogen-bond acceptors (Lipinski definition) is 8. The van der Waals surface area contributed by atoms with Gasteiger partial charge in [0.05, 0.1) is 24.9 Å². The lowest BCUT2D eigenvalue weighted by atomic mass is 10.1. The lowest BCUT2D eigenvalue weighted by Crippen LogP contribution is -2.33. The molecule has 0 spiro atoms. The SMILES string of the molecule is CNc1cc(Nc2cccn(C3CCCOC3)c2=O)nc2c(C(=O)NC3CCC(O)C3)cnn12. The summed E-state index contributed by atoms with van der Waals surface area (Å²) >= 11 is 0. The van der Waals surface area contributed by atoms with Gasteiger partial charge in [-0.25, -0.2) is 4.98 Å². The molecule has 0 radical (unpaired) electrons. The van der Waals surface area contributed by atoms with Crippen LogP contribution in [0.25, 0.3) is 5.65 Å². The second kappa shape index (κ2) is 9.43. The Hall–Kier alpha value is -3.44. The molecule has 1 saturated heterocycles. The monoisotopic (exact) mass is 467 g/mol. The molecule has 1 aliphatic carbocycles. The Labute approximate surface area is 196 Å². The maximum atomic E-state index is 13.1. The fourth-order valence-electron chi connectivity index (χ4n) is 4.69. The molecular weight excluding hydrogens is 438 g/mol. The van der Waals surface area contributed by atoms with Gasteiger partial charge in [0.25, 0.3) is 11.5 Å². The lowest BCUT2D eigenvalue weighted by Gasteiger charge is -2.24. The third-order valence-electron chi connectivity index (χ3n) is 6.48. The van der Waals surface area contributed by atoms with Crippen molar-refractivity contribution >= 4 is 28.9 Å². The standard InChI is InChI=1S/C23H29N7O4/c1-24-20-11-19(27-18-5-2-8-29(23(18)33)15-4-3-9-34-13-15)28-21-17(12-25-30(20)21)22(32)26-14-6-7-16(31)10-14/h2,5,8,11-12,14-16,24,31H,3-4,6-7,9-10,13H2,1H3,(H,26,32)(H,27,28). The van der Waals surface area contributed by atoms with Crippen LogP contribution >= 0.6 is 0 Å². The highest BCUT2D eigenvalue weighted by molar-refractivity contribution is 6.00. The summed E-state index contributed by atoms with van der Waals surface area (Å²) in [4.78, 5) is 30.7. The molecule has 3 unspecified atom stereocenters. The van der Waals surface area contributed by atoms with Gasteiger partial charge in [-0.2, -0.15) is 9.61 Å². The van der Waals surface area contributed by atoms with Crippen LogP contribution < -0.4 is 21.5 Å². The molecule has 3 aromatic rings. The van der Waals surface area contributed by atoms with Crippen LogP contribution in [0.5, 0.6) is 0 Å². The molecule has 4 N–H and O–H groups in total. The van der Waals surface area contributed by atoms with E-state index in [1.165, 1.54) is 6.20 Å². The van der Waals surface area contributed by atoms with Crippen LogP contribution in [-0.2, 0) is 4.74 Å². The Balaban J connectivity index is 1.44. The molecule has 0 bridgehead atoms. The average molecular weight is 468 g/mol. The van der Waals surface area contributed by atoms with Gasteiger partial charge in [0.2, 0.25) is 0 Å². The summed E-state index contributed by atoms with van der Waals surface area (Å²) in [6.45, 7) is 1.24. The fraction of sp³-hybridized carbons (Fsp3) is 0.478. The molecule has 1 amide bonds. The normalized spacial score (nSPS) is 22.6. The van der Waals surface area contributed by atoms with E-state index in [2.05, 4.69) is 26.0 Å². The quantitative estimate of drug-likeness (QED) is 0.430. The van der Waals surface area contributed by atoms with Crippen LogP contribution in [0.15, 0.2) is 35.4 Å². The topological polar surface area (TPSA) is 135 Å². The molecule has 0 aromatic carbocycles. The van der Waals surface area contributed by atoms with Gasteiger partial charge in [-0.3, -0.25) is 9.59 Å². The first kappa shape index (κ1) is 22.4. The first-order valence-corrected chi connectivity index (χ1v) is 11.6. The van der Waals surface area contributed by atoms with Gasteiger partial charge in [0.1, 0.15) is 22.9 Å². The molecule has 3 atom stereocenters. The molecule has 5 rings (SSSR count). The first-order chi connectivity index (χ1) is 16.5. The highest BCUT2D eigenvalue weighted by atomic mass is 16.5. The summed E-state index contributed by atoms with van der Waals surface area (Å²) in [7, 11) is 1.75. The number of pyridine rings is 1. The van der Waals surface area contributed by atoms with Crippen LogP contribution in [0, 0.1) is 0 Å². The zero-order valence-electron chi connectivity index (χ0n) is 19.0. The molecule has 180 valence electrons. The Bertz CT molecular complexity index is 1250. The number of carbonyl (C=O) groups is 1. The van der Waals surface area contributed by atoms with Crippen molar-refractivity contribution in [1.29, 1.82) is 0 Å². The van der Waals surface area contributed by atoms with Gasteiger partial charge in [-0.05, 0) is 44.2 Å². The molecule has 3 aromatic heterocycles. The van der Waals surface area contributed by atoms with E-state index in [0.29, 0.717) is 48.0 Å². The van der Waals surface area contributed by atoms with Gasteiger partial charge in [-0.1, -0.05) is 0 Å². The number of ether oxygens (including phenoxy) is 1. The van der Waals surface area contributed by atoms with Crippen molar-refractivity contribution < 1.29 is 14.6 Å². The maximum absolute atomic E-state index is 13.1. The Morgan fingerprint density at radius 3 is 2.91 bits per heavy atom. The molecule has 4 heterocycles. The summed E-state index contributed by atoms with van der Waals surface area (Å²) in [5.41, 5.74) is 0.920. The summed E-state index contributed by atoms with van der Waals surface area (Å²) in [6, 6.07) is 5.20. The van der Waals surface area contributed by atoms with E-state index >= 15 is 0 Å². The predicted molar refractivity (Wildman–Crippen MR) is 127 cm³/mol. The number of nitrogens with one attached hydrogen (secondary N) is 3. The van der Waals surface area contributed by atoms with Gasteiger partial charge in [0, 0.05) is 32.0 Å². The number of aliphatic hydroxyl groups excluding tert-OH is 1. The van der Waals surface area contributed by atoms with E-state index in [-0.39, 0.29) is 29.7 Å². The summed E-state index contributed by atoms with van der Waals surface area (Å²) in [5.74, 6) is 0.734. The molecule has 11 heteroatoms. The molecule has 1 aliphatic heterocycles. The largest absolute Gasteiger partial charge is 0.393 e. The average Bonchev–Trinajstić information content (AvgIpc) is 3.46. The van der Waals surface area contributed by atoms with Crippen molar-refractivity contribution in [1.82, 2.24) is 24.5 Å². The molecular formula is C23H29N7O4. The number of anilines is 3. The van der Waals surface area contributed by atoms with E-state index in [1.54, 1.807) is 34.5 Å². The van der Waals surface area contributed by atoms with Gasteiger partial charge < -0.3 is 30.4 Å². The maximum Gasteiger partial charge on any atom is 0.274 e. The van der Waals surface area contributed by atoms with Crippen molar-refractivity contribution in [2.45, 2.75) is 50.3 Å². The second-order valence-electron chi connectivity index (χ2n) is 8.84. The molecule has 2 fully saturated rings. The highest BCUT2D eigenvalue weighted by Crippen LogP contribution is 2.23. The van der Waals surface area contributed by atoms with Gasteiger partial charge in [0.15, 0.2) is 5.65 Å². The minimum absolute atomic E-state index is 0.00513. The van der Waals surface area contributed by atoms with Crippen molar-refractivity contribution in [2.75, 3.05) is 30.9 Å². The van der Waals surface area contributed by atoms with Gasteiger partial charge >= 0.3 is 0 Å². The zero-order chi connectivity index (χ0) is 23.7. The van der Waals surface area contributed by atoms with Crippen LogP contribution in [-0.4, -0.2) is 62.6 Å². The third-order valence-corrected chi connectivity index (χ3v) is 6.48. The number of aromatic nitrogens is 4. The molecule has 11 nitrogen and oxygen atoms in total. The summed E-state index contributed by atoms with van der Waals surface area (Å²) in [5, 5.41) is 23.2. The summed E-state index contributed by atoms with van der Waals surface area (Å²) in [6.07, 6.45) is 6.65. The van der Waals surface area contributed by atoms with Crippen LogP contribution in [0.4, 0.5) is 17.3 Å². The number of fused-ring (bicyclic) bond motifs is 1. The Morgan fingerprint density at radius 2 is 2.18 bits per heavy atom. The number of aliphatic hydroxyl groups is 1. The molecule has 34 heavy (non-hydrogen) atoms. The number of rotatable bonds is 6. The van der Waals surface area contributed by atoms with E-state index in [1.807, 2.05) is 6.07 Å². The number of nitrogens with zero attached hydrogens (tertiary/aromatic N) is 4. The van der Waals surface area contributed by atoms with Crippen LogP contribution in [0.1, 0.15) is 48.5 Å². The van der Waals surface area contributed by atoms with E-state index in [0.717, 1.165) is 25.9 Å². The lowest BCUT2D eigenvalue weighted by molar-refractivity contribution is 0.0581. The first-order valence-electron chi connectivity index (χ1n) is 11.6. The van der Waals surface area contributed by atoms with Crippen molar-refractivity contribution in [3.63, 3.8) is 0 Å². The minimum Gasteiger partial charge on any atom is -0.393 e. The van der Waals surface area contributed by atoms with Crippen molar-refractivity contribution in [3.8, 4) is 0 Å². The number of carbonyl (C=O) groups excluding carboxylic acids is 1. The van der Waals surface area contributed by atoms with E-state index < -0.39 is 0 Å². The minimum atomic E-state index is -0.380. The van der Waals surface area contributed by atoms with Crippen LogP contribution in [0.3, 0.4) is 0 Å².